The fourth-order valence-electron chi connectivity index (χ4n) is 4.30. The van der Waals surface area contributed by atoms with Gasteiger partial charge in [-0.2, -0.15) is 0 Å². The van der Waals surface area contributed by atoms with Crippen molar-refractivity contribution in [2.75, 3.05) is 0 Å². The molecular weight excluding hydrogens is 392 g/mol. The maximum atomic E-state index is 12.9. The molecule has 1 heterocycles. The Morgan fingerprint density at radius 3 is 2.58 bits per heavy atom. The third-order valence-electron chi connectivity index (χ3n) is 6.03. The minimum Gasteiger partial charge on any atom is -0.352 e. The van der Waals surface area contributed by atoms with Crippen LogP contribution in [0, 0.1) is 6.92 Å². The van der Waals surface area contributed by atoms with Crippen LogP contribution >= 0.6 is 0 Å². The minimum atomic E-state index is -0.524. The number of nitrogens with zero attached hydrogens (tertiary/aromatic N) is 1. The van der Waals surface area contributed by atoms with Gasteiger partial charge in [0.25, 0.3) is 5.91 Å². The Hall–Kier alpha value is -3.28. The first kappa shape index (κ1) is 21.0. The number of benzene rings is 2. The quantitative estimate of drug-likeness (QED) is 0.598. The molecule has 0 bridgehead atoms. The lowest BCUT2D eigenvalue weighted by Crippen LogP contribution is -2.41. The summed E-state index contributed by atoms with van der Waals surface area (Å²) in [5.74, 6) is -0.416. The van der Waals surface area contributed by atoms with Crippen LogP contribution in [-0.2, 0) is 33.9 Å². The zero-order valence-electron chi connectivity index (χ0n) is 17.6. The predicted octanol–water partition coefficient (Wildman–Crippen LogP) is 2.89. The van der Waals surface area contributed by atoms with E-state index >= 15 is 0 Å². The van der Waals surface area contributed by atoms with Crippen molar-refractivity contribution >= 4 is 23.4 Å². The number of ketones is 2. The molecule has 0 aromatic heterocycles. The summed E-state index contributed by atoms with van der Waals surface area (Å²) in [6, 6.07) is 12.9. The van der Waals surface area contributed by atoms with E-state index in [2.05, 4.69) is 5.32 Å². The molecule has 0 saturated heterocycles. The van der Waals surface area contributed by atoms with E-state index < -0.39 is 6.04 Å². The maximum absolute atomic E-state index is 12.9. The zero-order chi connectivity index (χ0) is 22.0. The van der Waals surface area contributed by atoms with Gasteiger partial charge in [0.05, 0.1) is 18.9 Å². The molecule has 1 aliphatic carbocycles. The summed E-state index contributed by atoms with van der Waals surface area (Å²) in [5, 5.41) is 2.93. The Labute approximate surface area is 181 Å². The Morgan fingerprint density at radius 1 is 1.06 bits per heavy atom. The van der Waals surface area contributed by atoms with E-state index in [1.165, 1.54) is 0 Å². The van der Waals surface area contributed by atoms with Gasteiger partial charge in [0.2, 0.25) is 5.91 Å². The van der Waals surface area contributed by atoms with Crippen molar-refractivity contribution in [3.05, 3.63) is 70.3 Å². The van der Waals surface area contributed by atoms with E-state index in [-0.39, 0.29) is 29.8 Å². The molecule has 2 aromatic carbocycles. The molecule has 1 fully saturated rings. The molecular formula is C25H26N2O4. The summed E-state index contributed by atoms with van der Waals surface area (Å²) in [5.41, 5.74) is 4.48. The lowest BCUT2D eigenvalue weighted by Gasteiger charge is -2.25. The molecule has 2 aliphatic rings. The van der Waals surface area contributed by atoms with Crippen molar-refractivity contribution in [2.45, 2.75) is 58.2 Å². The number of fused-ring (bicyclic) bond motifs is 1. The number of hydrogen-bond donors (Lipinski definition) is 1. The summed E-state index contributed by atoms with van der Waals surface area (Å²) in [4.78, 5) is 50.9. The Morgan fingerprint density at radius 2 is 1.81 bits per heavy atom. The number of carbonyl (C=O) groups is 4. The molecule has 6 nitrogen and oxygen atoms in total. The van der Waals surface area contributed by atoms with Gasteiger partial charge in [0, 0.05) is 25.1 Å². The average Bonchev–Trinajstić information content (AvgIpc) is 2.96. The first-order valence-corrected chi connectivity index (χ1v) is 10.7. The molecule has 2 amide bonds. The van der Waals surface area contributed by atoms with E-state index in [9.17, 15) is 19.2 Å². The predicted molar refractivity (Wildman–Crippen MR) is 115 cm³/mol. The van der Waals surface area contributed by atoms with E-state index in [4.69, 9.17) is 0 Å². The first-order chi connectivity index (χ1) is 14.9. The third-order valence-corrected chi connectivity index (χ3v) is 6.03. The molecule has 4 rings (SSSR count). The van der Waals surface area contributed by atoms with Crippen molar-refractivity contribution in [3.63, 3.8) is 0 Å². The molecule has 6 heteroatoms. The normalized spacial score (nSPS) is 18.7. The van der Waals surface area contributed by atoms with Crippen LogP contribution in [-0.4, -0.2) is 34.3 Å². The molecule has 1 saturated carbocycles. The van der Waals surface area contributed by atoms with E-state index in [1.54, 1.807) is 11.0 Å². The van der Waals surface area contributed by atoms with Crippen LogP contribution in [0.5, 0.6) is 0 Å². The highest BCUT2D eigenvalue weighted by molar-refractivity contribution is 6.06. The van der Waals surface area contributed by atoms with Crippen molar-refractivity contribution in [1.82, 2.24) is 10.2 Å². The summed E-state index contributed by atoms with van der Waals surface area (Å²) < 4.78 is 0. The monoisotopic (exact) mass is 418 g/mol. The minimum absolute atomic E-state index is 0.0414. The number of carbonyl (C=O) groups excluding carboxylic acids is 4. The van der Waals surface area contributed by atoms with Crippen LogP contribution in [0.3, 0.4) is 0 Å². The van der Waals surface area contributed by atoms with Gasteiger partial charge < -0.3 is 10.2 Å². The van der Waals surface area contributed by atoms with Gasteiger partial charge in [-0.1, -0.05) is 42.0 Å². The second-order valence-electron chi connectivity index (χ2n) is 8.45. The smallest absolute Gasteiger partial charge is 0.255 e. The number of nitrogens with one attached hydrogen (secondary N) is 1. The molecule has 1 aliphatic heterocycles. The average molecular weight is 418 g/mol. The van der Waals surface area contributed by atoms with Gasteiger partial charge in [0.15, 0.2) is 5.78 Å². The number of hydrogen-bond acceptors (Lipinski definition) is 4. The number of amides is 2. The Bertz CT molecular complexity index is 1040. The Balaban J connectivity index is 1.39. The van der Waals surface area contributed by atoms with Crippen LogP contribution in [0.15, 0.2) is 42.5 Å². The second kappa shape index (κ2) is 8.84. The molecule has 31 heavy (non-hydrogen) atoms. The fourth-order valence-corrected chi connectivity index (χ4v) is 4.30. The number of Topliss-reactive ketones (excluding diaryl/α,β-unsaturated/α-hetero) is 2. The SMILES string of the molecule is Cc1ccc(CC(=O)NCc2ccc3c(c2)CN(C2CCCC(=O)CC2=O)C3=O)cc1. The van der Waals surface area contributed by atoms with E-state index in [1.807, 2.05) is 43.3 Å². The van der Waals surface area contributed by atoms with Crippen molar-refractivity contribution in [1.29, 1.82) is 0 Å². The molecule has 0 spiro atoms. The fraction of sp³-hybridized carbons (Fsp3) is 0.360. The lowest BCUT2D eigenvalue weighted by molar-refractivity contribution is -0.128. The summed E-state index contributed by atoms with van der Waals surface area (Å²) in [7, 11) is 0. The van der Waals surface area contributed by atoms with Gasteiger partial charge in [-0.25, -0.2) is 0 Å². The number of rotatable bonds is 5. The number of aryl methyl sites for hydroxylation is 1. The van der Waals surface area contributed by atoms with E-state index in [0.717, 1.165) is 22.3 Å². The molecule has 1 N–H and O–H groups in total. The zero-order valence-corrected chi connectivity index (χ0v) is 17.6. The second-order valence-corrected chi connectivity index (χ2v) is 8.45. The Kier molecular flexibility index (Phi) is 5.98. The van der Waals surface area contributed by atoms with E-state index in [0.29, 0.717) is 44.3 Å². The highest BCUT2D eigenvalue weighted by Gasteiger charge is 2.37. The molecule has 0 radical (unpaired) electrons. The summed E-state index contributed by atoms with van der Waals surface area (Å²) in [6.07, 6.45) is 1.81. The van der Waals surface area contributed by atoms with Crippen LogP contribution in [0.25, 0.3) is 0 Å². The van der Waals surface area contributed by atoms with Crippen LogP contribution < -0.4 is 5.32 Å². The summed E-state index contributed by atoms with van der Waals surface area (Å²) in [6.45, 7) is 2.75. The molecule has 2 aromatic rings. The first-order valence-electron chi connectivity index (χ1n) is 10.7. The van der Waals surface area contributed by atoms with Gasteiger partial charge in [-0.3, -0.25) is 19.2 Å². The maximum Gasteiger partial charge on any atom is 0.255 e. The third kappa shape index (κ3) is 4.74. The van der Waals surface area contributed by atoms with Gasteiger partial charge >= 0.3 is 0 Å². The van der Waals surface area contributed by atoms with Crippen LogP contribution in [0.4, 0.5) is 0 Å². The van der Waals surface area contributed by atoms with Crippen molar-refractivity contribution in [3.8, 4) is 0 Å². The topological polar surface area (TPSA) is 83.6 Å². The highest BCUT2D eigenvalue weighted by atomic mass is 16.2. The standard InChI is InChI=1S/C25H26N2O4/c1-16-5-7-17(8-6-16)12-24(30)26-14-18-9-10-21-19(11-18)15-27(25(21)31)22-4-2-3-20(28)13-23(22)29/h5-11,22H,2-4,12-15H2,1H3,(H,26,30). The van der Waals surface area contributed by atoms with Crippen LogP contribution in [0.2, 0.25) is 0 Å². The molecule has 160 valence electrons. The molecule has 1 unspecified atom stereocenters. The van der Waals surface area contributed by atoms with Crippen LogP contribution in [0.1, 0.15) is 58.3 Å². The molecule has 1 atom stereocenters. The lowest BCUT2D eigenvalue weighted by atomic mass is 10.1. The largest absolute Gasteiger partial charge is 0.352 e. The highest BCUT2D eigenvalue weighted by Crippen LogP contribution is 2.29. The summed E-state index contributed by atoms with van der Waals surface area (Å²) >= 11 is 0. The van der Waals surface area contributed by atoms with Gasteiger partial charge in [0.1, 0.15) is 5.78 Å². The van der Waals surface area contributed by atoms with Gasteiger partial charge in [-0.15, -0.1) is 0 Å². The van der Waals surface area contributed by atoms with Crippen molar-refractivity contribution < 1.29 is 19.2 Å². The van der Waals surface area contributed by atoms with Gasteiger partial charge in [-0.05, 0) is 42.5 Å². The van der Waals surface area contributed by atoms with Crippen molar-refractivity contribution in [2.24, 2.45) is 0 Å².